The van der Waals surface area contributed by atoms with E-state index >= 15 is 0 Å². The number of anilines is 3. The molecule has 0 spiro atoms. The van der Waals surface area contributed by atoms with Crippen LogP contribution in [0.1, 0.15) is 0 Å². The monoisotopic (exact) mass is 713 g/mol. The molecule has 2 heteroatoms. The third kappa shape index (κ3) is 5.26. The molecule has 0 saturated heterocycles. The van der Waals surface area contributed by atoms with Gasteiger partial charge in [-0.3, -0.25) is 0 Å². The number of hydrogen-bond acceptors (Lipinski definition) is 2. The van der Waals surface area contributed by atoms with Gasteiger partial charge in [0, 0.05) is 33.1 Å². The number of fused-ring (bicyclic) bond motifs is 7. The highest BCUT2D eigenvalue weighted by Crippen LogP contribution is 2.43. The number of rotatable bonds is 6. The van der Waals surface area contributed by atoms with E-state index in [1.54, 1.807) is 0 Å². The van der Waals surface area contributed by atoms with Gasteiger partial charge in [0.25, 0.3) is 0 Å². The molecule has 0 aliphatic carbocycles. The van der Waals surface area contributed by atoms with Gasteiger partial charge < -0.3 is 9.32 Å². The smallest absolute Gasteiger partial charge is 0.143 e. The minimum atomic E-state index is 0.906. The molecular weight excluding hydrogens is 679 g/mol. The second-order valence-corrected chi connectivity index (χ2v) is 14.4. The first-order valence-electron chi connectivity index (χ1n) is 19.2. The zero-order chi connectivity index (χ0) is 37.0. The number of nitrogens with zero attached hydrogens (tertiary/aromatic N) is 1. The van der Waals surface area contributed by atoms with E-state index in [9.17, 15) is 0 Å². The van der Waals surface area contributed by atoms with Crippen LogP contribution in [-0.2, 0) is 0 Å². The lowest BCUT2D eigenvalue weighted by Crippen LogP contribution is -2.10. The van der Waals surface area contributed by atoms with Gasteiger partial charge in [-0.1, -0.05) is 170 Å². The fourth-order valence-electron chi connectivity index (χ4n) is 8.63. The summed E-state index contributed by atoms with van der Waals surface area (Å²) >= 11 is 0. The van der Waals surface area contributed by atoms with Crippen molar-refractivity contribution in [3.05, 3.63) is 212 Å². The summed E-state index contributed by atoms with van der Waals surface area (Å²) in [6.07, 6.45) is 0. The first-order valence-corrected chi connectivity index (χ1v) is 19.2. The Kier molecular flexibility index (Phi) is 7.53. The van der Waals surface area contributed by atoms with Crippen molar-refractivity contribution in [1.29, 1.82) is 0 Å². The molecule has 0 bridgehead atoms. The van der Waals surface area contributed by atoms with Gasteiger partial charge >= 0.3 is 0 Å². The van der Waals surface area contributed by atoms with Crippen molar-refractivity contribution in [3.8, 4) is 33.4 Å². The molecular formula is C54H35NO. The van der Waals surface area contributed by atoms with Crippen LogP contribution in [0.2, 0.25) is 0 Å². The quantitative estimate of drug-likeness (QED) is 0.160. The highest BCUT2D eigenvalue weighted by molar-refractivity contribution is 6.14. The maximum absolute atomic E-state index is 6.48. The minimum absolute atomic E-state index is 0.906. The Morgan fingerprint density at radius 3 is 1.59 bits per heavy atom. The normalized spacial score (nSPS) is 11.6. The van der Waals surface area contributed by atoms with Gasteiger partial charge in [0.1, 0.15) is 11.2 Å². The van der Waals surface area contributed by atoms with E-state index in [4.69, 9.17) is 4.42 Å². The van der Waals surface area contributed by atoms with Crippen LogP contribution in [0.4, 0.5) is 17.1 Å². The Balaban J connectivity index is 1.03. The van der Waals surface area contributed by atoms with Gasteiger partial charge in [-0.25, -0.2) is 0 Å². The Bertz CT molecular complexity index is 3240. The average molecular weight is 714 g/mol. The molecule has 0 aliphatic rings. The van der Waals surface area contributed by atoms with Gasteiger partial charge in [0.15, 0.2) is 0 Å². The predicted octanol–water partition coefficient (Wildman–Crippen LogP) is 15.5. The Labute approximate surface area is 325 Å². The van der Waals surface area contributed by atoms with Crippen molar-refractivity contribution < 1.29 is 4.42 Å². The summed E-state index contributed by atoms with van der Waals surface area (Å²) in [6, 6.07) is 76.4. The van der Waals surface area contributed by atoms with Crippen molar-refractivity contribution in [1.82, 2.24) is 0 Å². The van der Waals surface area contributed by atoms with Gasteiger partial charge in [0.05, 0.1) is 5.69 Å². The van der Waals surface area contributed by atoms with Crippen LogP contribution in [-0.4, -0.2) is 0 Å². The molecule has 56 heavy (non-hydrogen) atoms. The maximum atomic E-state index is 6.48. The molecule has 0 radical (unpaired) electrons. The molecule has 262 valence electrons. The topological polar surface area (TPSA) is 16.4 Å². The zero-order valence-electron chi connectivity index (χ0n) is 30.6. The Morgan fingerprint density at radius 2 is 0.821 bits per heavy atom. The molecule has 2 nitrogen and oxygen atoms in total. The van der Waals surface area contributed by atoms with E-state index in [2.05, 4.69) is 205 Å². The summed E-state index contributed by atoms with van der Waals surface area (Å²) in [4.78, 5) is 2.38. The molecule has 0 fully saturated rings. The van der Waals surface area contributed by atoms with Crippen molar-refractivity contribution in [2.75, 3.05) is 4.90 Å². The van der Waals surface area contributed by atoms with E-state index in [0.29, 0.717) is 0 Å². The van der Waals surface area contributed by atoms with Gasteiger partial charge in [-0.15, -0.1) is 0 Å². The van der Waals surface area contributed by atoms with Crippen LogP contribution in [0.25, 0.3) is 87.6 Å². The number of furan rings is 1. The van der Waals surface area contributed by atoms with Crippen LogP contribution >= 0.6 is 0 Å². The molecule has 0 atom stereocenters. The first-order chi connectivity index (χ1) is 27.8. The molecule has 11 rings (SSSR count). The van der Waals surface area contributed by atoms with Gasteiger partial charge in [0.2, 0.25) is 0 Å². The largest absolute Gasteiger partial charge is 0.455 e. The lowest BCUT2D eigenvalue weighted by molar-refractivity contribution is 0.670. The molecule has 10 aromatic carbocycles. The molecule has 1 aromatic heterocycles. The van der Waals surface area contributed by atoms with Crippen molar-refractivity contribution in [2.24, 2.45) is 0 Å². The lowest BCUT2D eigenvalue weighted by Gasteiger charge is -2.27. The van der Waals surface area contributed by atoms with Crippen LogP contribution < -0.4 is 4.90 Å². The fraction of sp³-hybridized carbons (Fsp3) is 0. The zero-order valence-corrected chi connectivity index (χ0v) is 30.6. The summed E-state index contributed by atoms with van der Waals surface area (Å²) in [5.74, 6) is 0. The number of benzene rings is 10. The second-order valence-electron chi connectivity index (χ2n) is 14.4. The Morgan fingerprint density at radius 1 is 0.304 bits per heavy atom. The van der Waals surface area contributed by atoms with E-state index in [1.807, 2.05) is 12.1 Å². The molecule has 0 unspecified atom stereocenters. The molecule has 1 heterocycles. The SMILES string of the molecule is c1ccc(-c2cccc3c2oc2ccccc23)c(-c2ccc(N(c3ccc(-c4cc5ccccc5c5ccccc45)cc3)c3cccc4ccccc34)cc2)c1. The second kappa shape index (κ2) is 13.2. The van der Waals surface area contributed by atoms with Crippen molar-refractivity contribution in [2.45, 2.75) is 0 Å². The first kappa shape index (κ1) is 32.0. The van der Waals surface area contributed by atoms with Crippen LogP contribution in [0, 0.1) is 0 Å². The van der Waals surface area contributed by atoms with E-state index < -0.39 is 0 Å². The molecule has 0 N–H and O–H groups in total. The third-order valence-electron chi connectivity index (χ3n) is 11.3. The van der Waals surface area contributed by atoms with E-state index in [-0.39, 0.29) is 0 Å². The lowest BCUT2D eigenvalue weighted by atomic mass is 9.93. The van der Waals surface area contributed by atoms with Crippen LogP contribution in [0.3, 0.4) is 0 Å². The molecule has 0 amide bonds. The minimum Gasteiger partial charge on any atom is -0.455 e. The summed E-state index contributed by atoms with van der Waals surface area (Å²) in [6.45, 7) is 0. The summed E-state index contributed by atoms with van der Waals surface area (Å²) in [5.41, 5.74) is 12.1. The van der Waals surface area contributed by atoms with E-state index in [1.165, 1.54) is 43.4 Å². The number of para-hydroxylation sites is 2. The van der Waals surface area contributed by atoms with E-state index in [0.717, 1.165) is 61.3 Å². The Hall–Kier alpha value is -7.42. The number of hydrogen-bond donors (Lipinski definition) is 0. The maximum Gasteiger partial charge on any atom is 0.143 e. The highest BCUT2D eigenvalue weighted by Gasteiger charge is 2.19. The van der Waals surface area contributed by atoms with Crippen LogP contribution in [0.5, 0.6) is 0 Å². The van der Waals surface area contributed by atoms with Gasteiger partial charge in [-0.05, 0) is 97.2 Å². The molecule has 0 saturated carbocycles. The highest BCUT2D eigenvalue weighted by atomic mass is 16.3. The average Bonchev–Trinajstić information content (AvgIpc) is 3.66. The fourth-order valence-corrected chi connectivity index (χ4v) is 8.63. The summed E-state index contributed by atoms with van der Waals surface area (Å²) in [7, 11) is 0. The van der Waals surface area contributed by atoms with Crippen molar-refractivity contribution in [3.63, 3.8) is 0 Å². The van der Waals surface area contributed by atoms with Crippen LogP contribution in [0.15, 0.2) is 217 Å². The van der Waals surface area contributed by atoms with Gasteiger partial charge in [-0.2, -0.15) is 0 Å². The predicted molar refractivity (Wildman–Crippen MR) is 237 cm³/mol. The standard InChI is InChI=1S/C54H35NO/c1-4-18-44-36(13-1)15-11-25-52(44)55(41-33-29-38(30-34-41)51-35-39-14-2-3-17-43(39)45-19-7-8-21-47(45)51)40-31-27-37(28-32-40)42-16-5-6-20-46(42)49-23-12-24-50-48-22-9-10-26-53(48)56-54(49)50/h1-35H. The third-order valence-corrected chi connectivity index (χ3v) is 11.3. The van der Waals surface area contributed by atoms with Crippen molar-refractivity contribution >= 4 is 71.3 Å². The molecule has 11 aromatic rings. The summed E-state index contributed by atoms with van der Waals surface area (Å²) in [5, 5.41) is 9.75. The molecule has 0 aliphatic heterocycles. The summed E-state index contributed by atoms with van der Waals surface area (Å²) < 4.78 is 6.48.